The monoisotopic (exact) mass is 517 g/mol. The van der Waals surface area contributed by atoms with Gasteiger partial charge in [-0.15, -0.1) is 0 Å². The third-order valence-electron chi connectivity index (χ3n) is 6.90. The van der Waals surface area contributed by atoms with Gasteiger partial charge in [-0.25, -0.2) is 0 Å². The minimum absolute atomic E-state index is 0.0342. The summed E-state index contributed by atoms with van der Waals surface area (Å²) in [7, 11) is 2.06. The number of carbonyl (C=O) groups excluding carboxylic acids is 2. The summed E-state index contributed by atoms with van der Waals surface area (Å²) >= 11 is 6.17. The van der Waals surface area contributed by atoms with Crippen molar-refractivity contribution in [1.82, 2.24) is 24.5 Å². The molecule has 2 aliphatic heterocycles. The second-order valence-electron chi connectivity index (χ2n) is 9.78. The highest BCUT2D eigenvalue weighted by molar-refractivity contribution is 6.31. The van der Waals surface area contributed by atoms with E-state index in [-0.39, 0.29) is 24.8 Å². The van der Waals surface area contributed by atoms with Crippen LogP contribution in [0, 0.1) is 6.92 Å². The van der Waals surface area contributed by atoms with Gasteiger partial charge in [0.1, 0.15) is 18.0 Å². The molecule has 1 aromatic heterocycles. The van der Waals surface area contributed by atoms with Crippen molar-refractivity contribution < 1.29 is 19.1 Å². The average molecular weight is 518 g/mol. The summed E-state index contributed by atoms with van der Waals surface area (Å²) in [6.45, 7) is 7.05. The molecule has 9 nitrogen and oxygen atoms in total. The fraction of sp³-hybridized carbons (Fsp3) is 0.577. The van der Waals surface area contributed by atoms with Crippen LogP contribution in [0.5, 0.6) is 5.75 Å². The van der Waals surface area contributed by atoms with Crippen LogP contribution in [0.15, 0.2) is 36.7 Å². The number of benzene rings is 1. The zero-order valence-electron chi connectivity index (χ0n) is 21.2. The van der Waals surface area contributed by atoms with Gasteiger partial charge < -0.3 is 24.2 Å². The first-order valence-electron chi connectivity index (χ1n) is 12.6. The summed E-state index contributed by atoms with van der Waals surface area (Å²) in [5.41, 5.74) is -0.000536. The van der Waals surface area contributed by atoms with Gasteiger partial charge in [-0.1, -0.05) is 11.6 Å². The van der Waals surface area contributed by atoms with Crippen LogP contribution >= 0.6 is 11.6 Å². The van der Waals surface area contributed by atoms with Crippen LogP contribution in [-0.4, -0.2) is 101 Å². The highest BCUT2D eigenvalue weighted by Crippen LogP contribution is 2.28. The predicted octanol–water partition coefficient (Wildman–Crippen LogP) is 2.47. The summed E-state index contributed by atoms with van der Waals surface area (Å²) in [5, 5.41) is 4.87. The molecular formula is C26H36ClN5O4. The number of likely N-dealkylation sites (N-methyl/N-ethyl adjacent to an activating group) is 1. The lowest BCUT2D eigenvalue weighted by Crippen LogP contribution is -2.59. The van der Waals surface area contributed by atoms with Crippen molar-refractivity contribution in [2.24, 2.45) is 0 Å². The number of piperazine rings is 1. The predicted molar refractivity (Wildman–Crippen MR) is 137 cm³/mol. The molecule has 4 rings (SSSR count). The maximum atomic E-state index is 13.3. The Hall–Kier alpha value is -2.62. The van der Waals surface area contributed by atoms with Crippen LogP contribution in [-0.2, 0) is 20.9 Å². The number of morpholine rings is 1. The molecule has 0 saturated carbocycles. The summed E-state index contributed by atoms with van der Waals surface area (Å²) in [6.07, 6.45) is 4.91. The van der Waals surface area contributed by atoms with Gasteiger partial charge in [-0.05, 0) is 50.2 Å². The third-order valence-corrected chi connectivity index (χ3v) is 7.32. The normalized spacial score (nSPS) is 21.0. The van der Waals surface area contributed by atoms with Crippen molar-refractivity contribution in [2.75, 3.05) is 59.5 Å². The van der Waals surface area contributed by atoms with E-state index in [0.717, 1.165) is 18.7 Å². The number of aromatic nitrogens is 2. The molecule has 0 radical (unpaired) electrons. The molecule has 2 fully saturated rings. The number of rotatable bonds is 9. The smallest absolute Gasteiger partial charge is 0.225 e. The molecule has 1 aromatic carbocycles. The van der Waals surface area contributed by atoms with Crippen LogP contribution in [0.3, 0.4) is 0 Å². The van der Waals surface area contributed by atoms with Crippen LogP contribution in [0.2, 0.25) is 5.02 Å². The van der Waals surface area contributed by atoms with Crippen LogP contribution in [0.4, 0.5) is 0 Å². The van der Waals surface area contributed by atoms with Gasteiger partial charge in [-0.2, -0.15) is 5.10 Å². The molecule has 196 valence electrons. The van der Waals surface area contributed by atoms with E-state index in [1.54, 1.807) is 12.3 Å². The molecular weight excluding hydrogens is 482 g/mol. The number of carbonyl (C=O) groups is 2. The Kier molecular flexibility index (Phi) is 8.87. The first-order chi connectivity index (χ1) is 17.3. The maximum Gasteiger partial charge on any atom is 0.225 e. The second kappa shape index (κ2) is 12.1. The molecule has 3 heterocycles. The lowest BCUT2D eigenvalue weighted by molar-refractivity contribution is -0.166. The van der Waals surface area contributed by atoms with Crippen LogP contribution < -0.4 is 4.74 Å². The second-order valence-corrected chi connectivity index (χ2v) is 10.2. The van der Waals surface area contributed by atoms with Gasteiger partial charge in [0.2, 0.25) is 11.8 Å². The number of hydrogen-bond donors (Lipinski definition) is 0. The minimum atomic E-state index is -0.913. The fourth-order valence-corrected chi connectivity index (χ4v) is 4.77. The van der Waals surface area contributed by atoms with Crippen LogP contribution in [0.25, 0.3) is 0 Å². The van der Waals surface area contributed by atoms with E-state index in [1.165, 1.54) is 0 Å². The first-order valence-corrected chi connectivity index (χ1v) is 13.0. The largest absolute Gasteiger partial charge is 0.490 e. The van der Waals surface area contributed by atoms with Crippen molar-refractivity contribution >= 4 is 23.4 Å². The summed E-state index contributed by atoms with van der Waals surface area (Å²) in [4.78, 5) is 32.3. The highest BCUT2D eigenvalue weighted by Gasteiger charge is 2.42. The SMILES string of the molecule is Cc1cc(OC[C@@]2(CC(=O)N3CCN(C)CC3)CN(C(=O)CCCn3cccn3)CCO2)ccc1Cl. The van der Waals surface area contributed by atoms with Crippen molar-refractivity contribution in [2.45, 2.75) is 38.3 Å². The Morgan fingerprint density at radius 3 is 2.67 bits per heavy atom. The highest BCUT2D eigenvalue weighted by atomic mass is 35.5. The van der Waals surface area contributed by atoms with Crippen molar-refractivity contribution in [3.63, 3.8) is 0 Å². The zero-order chi connectivity index (χ0) is 25.5. The number of halogens is 1. The Balaban J connectivity index is 1.43. The lowest BCUT2D eigenvalue weighted by atomic mass is 9.96. The average Bonchev–Trinajstić information content (AvgIpc) is 3.39. The fourth-order valence-electron chi connectivity index (χ4n) is 4.65. The molecule has 2 aromatic rings. The molecule has 0 spiro atoms. The van der Waals surface area contributed by atoms with Crippen molar-refractivity contribution in [3.8, 4) is 5.75 Å². The Morgan fingerprint density at radius 1 is 1.14 bits per heavy atom. The summed E-state index contributed by atoms with van der Waals surface area (Å²) in [5.74, 6) is 0.755. The maximum absolute atomic E-state index is 13.3. The van der Waals surface area contributed by atoms with Gasteiger partial charge in [0.05, 0.1) is 19.6 Å². The van der Waals surface area contributed by atoms with E-state index in [0.29, 0.717) is 62.9 Å². The quantitative estimate of drug-likeness (QED) is 0.508. The minimum Gasteiger partial charge on any atom is -0.490 e. The number of amides is 2. The standard InChI is InChI=1S/C26H36ClN5O4/c1-21-17-22(6-7-23(21)27)35-20-26(18-25(34)30-13-11-29(2)12-14-30)19-31(15-16-36-26)24(33)5-3-9-32-10-4-8-28-32/h4,6-8,10,17H,3,5,9,11-16,18-20H2,1-2H3/t26-/m1/s1. The molecule has 2 aliphatic rings. The molecule has 1 atom stereocenters. The summed E-state index contributed by atoms with van der Waals surface area (Å²) in [6, 6.07) is 7.36. The molecule has 36 heavy (non-hydrogen) atoms. The third kappa shape index (κ3) is 6.99. The number of ether oxygens (including phenoxy) is 2. The van der Waals surface area contributed by atoms with E-state index in [9.17, 15) is 9.59 Å². The van der Waals surface area contributed by atoms with Gasteiger partial charge >= 0.3 is 0 Å². The van der Waals surface area contributed by atoms with E-state index in [4.69, 9.17) is 21.1 Å². The molecule has 0 unspecified atom stereocenters. The zero-order valence-corrected chi connectivity index (χ0v) is 22.0. The number of hydrogen-bond acceptors (Lipinski definition) is 6. The van der Waals surface area contributed by atoms with E-state index < -0.39 is 5.60 Å². The first kappa shape index (κ1) is 26.4. The Bertz CT molecular complexity index is 1030. The molecule has 2 saturated heterocycles. The summed E-state index contributed by atoms with van der Waals surface area (Å²) < 4.78 is 14.2. The van der Waals surface area contributed by atoms with E-state index in [1.807, 2.05) is 45.8 Å². The van der Waals surface area contributed by atoms with Gasteiger partial charge in [0.15, 0.2) is 0 Å². The van der Waals surface area contributed by atoms with Gasteiger partial charge in [0, 0.05) is 63.1 Å². The molecule has 0 aliphatic carbocycles. The molecule has 0 N–H and O–H groups in total. The number of aryl methyl sites for hydroxylation is 2. The Morgan fingerprint density at radius 2 is 1.94 bits per heavy atom. The van der Waals surface area contributed by atoms with Crippen molar-refractivity contribution in [1.29, 1.82) is 0 Å². The number of nitrogens with zero attached hydrogens (tertiary/aromatic N) is 5. The van der Waals surface area contributed by atoms with Gasteiger partial charge in [0.25, 0.3) is 0 Å². The van der Waals surface area contributed by atoms with Gasteiger partial charge in [-0.3, -0.25) is 14.3 Å². The topological polar surface area (TPSA) is 80.1 Å². The molecule has 10 heteroatoms. The van der Waals surface area contributed by atoms with Crippen LogP contribution in [0.1, 0.15) is 24.8 Å². The van der Waals surface area contributed by atoms with E-state index >= 15 is 0 Å². The Labute approximate surface area is 217 Å². The molecule has 0 bridgehead atoms. The molecule has 2 amide bonds. The van der Waals surface area contributed by atoms with E-state index in [2.05, 4.69) is 17.0 Å². The lowest BCUT2D eigenvalue weighted by Gasteiger charge is -2.43. The van der Waals surface area contributed by atoms with Crippen molar-refractivity contribution in [3.05, 3.63) is 47.2 Å².